The summed E-state index contributed by atoms with van der Waals surface area (Å²) in [6.07, 6.45) is -1.30. The van der Waals surface area contributed by atoms with Gasteiger partial charge in [0.2, 0.25) is 17.3 Å². The van der Waals surface area contributed by atoms with Crippen LogP contribution in [0.3, 0.4) is 0 Å². The van der Waals surface area contributed by atoms with Crippen molar-refractivity contribution in [2.75, 3.05) is 35.0 Å². The van der Waals surface area contributed by atoms with Crippen LogP contribution in [0.15, 0.2) is 60.7 Å². The molecule has 1 unspecified atom stereocenters. The number of aliphatic hydroxyl groups excluding tert-OH is 1. The van der Waals surface area contributed by atoms with Gasteiger partial charge in [-0.25, -0.2) is 4.79 Å². The van der Waals surface area contributed by atoms with Gasteiger partial charge in [-0.05, 0) is 36.4 Å². The minimum atomic E-state index is -1.30. The van der Waals surface area contributed by atoms with Gasteiger partial charge in [0.15, 0.2) is 29.1 Å². The molecular formula is C26H26O9. The number of esters is 1. The van der Waals surface area contributed by atoms with Crippen molar-refractivity contribution in [3.8, 4) is 34.5 Å². The molecule has 0 aliphatic heterocycles. The SMILES string of the molecule is COc1cc(C(=O)C(CO)Oc2c(OC)cccc2OC)cc(OC)c1OC(=O)c1ccccc1. The van der Waals surface area contributed by atoms with Crippen LogP contribution < -0.4 is 28.4 Å². The average Bonchev–Trinajstić information content (AvgIpc) is 2.91. The van der Waals surface area contributed by atoms with Gasteiger partial charge in [0.25, 0.3) is 0 Å². The first-order valence-corrected chi connectivity index (χ1v) is 10.5. The van der Waals surface area contributed by atoms with Crippen molar-refractivity contribution in [3.05, 3.63) is 71.8 Å². The summed E-state index contributed by atoms with van der Waals surface area (Å²) in [6, 6.07) is 16.1. The number of carbonyl (C=O) groups is 2. The van der Waals surface area contributed by atoms with Crippen LogP contribution in [0.2, 0.25) is 0 Å². The lowest BCUT2D eigenvalue weighted by Crippen LogP contribution is -2.31. The van der Waals surface area contributed by atoms with Crippen molar-refractivity contribution in [1.29, 1.82) is 0 Å². The maximum atomic E-state index is 13.3. The smallest absolute Gasteiger partial charge is 0.343 e. The highest BCUT2D eigenvalue weighted by Gasteiger charge is 2.28. The molecule has 0 radical (unpaired) electrons. The van der Waals surface area contributed by atoms with Gasteiger partial charge in [-0.1, -0.05) is 24.3 Å². The number of rotatable bonds is 11. The molecule has 3 aromatic carbocycles. The van der Waals surface area contributed by atoms with Crippen molar-refractivity contribution in [2.45, 2.75) is 6.10 Å². The molecule has 1 atom stereocenters. The first-order chi connectivity index (χ1) is 17.0. The lowest BCUT2D eigenvalue weighted by molar-refractivity contribution is 0.0643. The van der Waals surface area contributed by atoms with E-state index in [-0.39, 0.29) is 28.6 Å². The number of Topliss-reactive ketones (excluding diaryl/α,β-unsaturated/α-hetero) is 1. The molecular weight excluding hydrogens is 456 g/mol. The van der Waals surface area contributed by atoms with E-state index in [0.29, 0.717) is 17.1 Å². The van der Waals surface area contributed by atoms with E-state index in [0.717, 1.165) is 0 Å². The fourth-order valence-electron chi connectivity index (χ4n) is 3.28. The second-order valence-electron chi connectivity index (χ2n) is 7.11. The topological polar surface area (TPSA) is 110 Å². The molecule has 0 fully saturated rings. The maximum Gasteiger partial charge on any atom is 0.343 e. The number of carbonyl (C=O) groups excluding carboxylic acids is 2. The van der Waals surface area contributed by atoms with Gasteiger partial charge in [-0.2, -0.15) is 0 Å². The molecule has 0 heterocycles. The first-order valence-electron chi connectivity index (χ1n) is 10.5. The molecule has 0 amide bonds. The second-order valence-corrected chi connectivity index (χ2v) is 7.11. The van der Waals surface area contributed by atoms with Crippen LogP contribution in [0.1, 0.15) is 20.7 Å². The predicted octanol–water partition coefficient (Wildman–Crippen LogP) is 3.56. The van der Waals surface area contributed by atoms with Crippen LogP contribution in [-0.2, 0) is 0 Å². The highest BCUT2D eigenvalue weighted by atomic mass is 16.6. The average molecular weight is 482 g/mol. The zero-order valence-corrected chi connectivity index (χ0v) is 19.8. The van der Waals surface area contributed by atoms with E-state index in [1.165, 1.54) is 40.6 Å². The largest absolute Gasteiger partial charge is 0.493 e. The molecule has 35 heavy (non-hydrogen) atoms. The Kier molecular flexibility index (Phi) is 8.53. The van der Waals surface area contributed by atoms with Gasteiger partial charge in [-0.15, -0.1) is 0 Å². The molecule has 0 aliphatic rings. The third kappa shape index (κ3) is 5.64. The number of para-hydroxylation sites is 1. The summed E-state index contributed by atoms with van der Waals surface area (Å²) in [7, 11) is 5.62. The van der Waals surface area contributed by atoms with Gasteiger partial charge in [0, 0.05) is 5.56 Å². The summed E-state index contributed by atoms with van der Waals surface area (Å²) in [5, 5.41) is 9.94. The van der Waals surface area contributed by atoms with E-state index in [2.05, 4.69) is 0 Å². The minimum absolute atomic E-state index is 0.00766. The quantitative estimate of drug-likeness (QED) is 0.249. The Hall–Kier alpha value is -4.24. The van der Waals surface area contributed by atoms with E-state index in [4.69, 9.17) is 28.4 Å². The number of ketones is 1. The zero-order valence-electron chi connectivity index (χ0n) is 19.8. The molecule has 3 rings (SSSR count). The summed E-state index contributed by atoms with van der Waals surface area (Å²) in [6.45, 7) is -0.630. The lowest BCUT2D eigenvalue weighted by Gasteiger charge is -2.20. The zero-order chi connectivity index (χ0) is 25.4. The van der Waals surface area contributed by atoms with Crippen molar-refractivity contribution in [2.24, 2.45) is 0 Å². The highest BCUT2D eigenvalue weighted by Crippen LogP contribution is 2.41. The van der Waals surface area contributed by atoms with E-state index in [1.54, 1.807) is 48.5 Å². The highest BCUT2D eigenvalue weighted by molar-refractivity contribution is 6.01. The van der Waals surface area contributed by atoms with Crippen molar-refractivity contribution < 1.29 is 43.1 Å². The van der Waals surface area contributed by atoms with Gasteiger partial charge in [-0.3, -0.25) is 4.79 Å². The van der Waals surface area contributed by atoms with Gasteiger partial charge >= 0.3 is 5.97 Å². The third-order valence-corrected chi connectivity index (χ3v) is 5.05. The van der Waals surface area contributed by atoms with Gasteiger partial charge < -0.3 is 33.5 Å². The third-order valence-electron chi connectivity index (χ3n) is 5.05. The number of benzene rings is 3. The van der Waals surface area contributed by atoms with Crippen molar-refractivity contribution in [1.82, 2.24) is 0 Å². The van der Waals surface area contributed by atoms with Gasteiger partial charge in [0.1, 0.15) is 0 Å². The summed E-state index contributed by atoms with van der Waals surface area (Å²) in [5.41, 5.74) is 0.433. The van der Waals surface area contributed by atoms with Crippen LogP contribution >= 0.6 is 0 Å². The summed E-state index contributed by atoms with van der Waals surface area (Å²) in [4.78, 5) is 25.9. The maximum absolute atomic E-state index is 13.3. The Bertz CT molecular complexity index is 1130. The van der Waals surface area contributed by atoms with Crippen molar-refractivity contribution >= 4 is 11.8 Å². The molecule has 0 bridgehead atoms. The molecule has 184 valence electrons. The molecule has 1 N–H and O–H groups in total. The van der Waals surface area contributed by atoms with Crippen molar-refractivity contribution in [3.63, 3.8) is 0 Å². The van der Waals surface area contributed by atoms with Crippen LogP contribution in [-0.4, -0.2) is 58.0 Å². The van der Waals surface area contributed by atoms with E-state index >= 15 is 0 Å². The molecule has 9 nitrogen and oxygen atoms in total. The Balaban J connectivity index is 1.94. The molecule has 3 aromatic rings. The second kappa shape index (κ2) is 11.8. The predicted molar refractivity (Wildman–Crippen MR) is 126 cm³/mol. The van der Waals surface area contributed by atoms with Crippen LogP contribution in [0.5, 0.6) is 34.5 Å². The minimum Gasteiger partial charge on any atom is -0.493 e. The Morgan fingerprint density at radius 1 is 0.714 bits per heavy atom. The summed E-state index contributed by atoms with van der Waals surface area (Å²) < 4.78 is 32.6. The molecule has 0 aliphatic carbocycles. The Morgan fingerprint density at radius 2 is 1.26 bits per heavy atom. The summed E-state index contributed by atoms with van der Waals surface area (Å²) >= 11 is 0. The van der Waals surface area contributed by atoms with E-state index in [9.17, 15) is 14.7 Å². The normalized spacial score (nSPS) is 11.2. The molecule has 0 saturated carbocycles. The molecule has 0 spiro atoms. The van der Waals surface area contributed by atoms with Crippen LogP contribution in [0.4, 0.5) is 0 Å². The number of aliphatic hydroxyl groups is 1. The summed E-state index contributed by atoms with van der Waals surface area (Å²) in [5.74, 6) is -0.195. The molecule has 0 aromatic heterocycles. The van der Waals surface area contributed by atoms with E-state index < -0.39 is 24.5 Å². The first kappa shape index (κ1) is 25.4. The Labute approximate surface area is 202 Å². The van der Waals surface area contributed by atoms with E-state index in [1.807, 2.05) is 0 Å². The lowest BCUT2D eigenvalue weighted by atomic mass is 10.0. The molecule has 0 saturated heterocycles. The number of hydrogen-bond acceptors (Lipinski definition) is 9. The van der Waals surface area contributed by atoms with Crippen LogP contribution in [0.25, 0.3) is 0 Å². The number of ether oxygens (including phenoxy) is 6. The molecule has 9 heteroatoms. The Morgan fingerprint density at radius 3 is 1.74 bits per heavy atom. The fourth-order valence-corrected chi connectivity index (χ4v) is 3.28. The van der Waals surface area contributed by atoms with Crippen LogP contribution in [0, 0.1) is 0 Å². The monoisotopic (exact) mass is 482 g/mol. The van der Waals surface area contributed by atoms with Gasteiger partial charge in [0.05, 0.1) is 40.6 Å². The fraction of sp³-hybridized carbons (Fsp3) is 0.231. The number of hydrogen-bond donors (Lipinski definition) is 1. The number of methoxy groups -OCH3 is 4. The standard InChI is InChI=1S/C26H26O9/c1-30-18-11-8-12-19(31-2)24(18)34-22(15-27)23(28)17-13-20(32-3)25(21(14-17)33-4)35-26(29)16-9-6-5-7-10-16/h5-14,22,27H,15H2,1-4H3.